The van der Waals surface area contributed by atoms with Gasteiger partial charge in [0.05, 0.1) is 45.1 Å². The highest BCUT2D eigenvalue weighted by Crippen LogP contribution is 2.43. The van der Waals surface area contributed by atoms with Gasteiger partial charge in [-0.3, -0.25) is 24.1 Å². The molecule has 1 aliphatic carbocycles. The average Bonchev–Trinajstić information content (AvgIpc) is 2.99. The van der Waals surface area contributed by atoms with E-state index in [2.05, 4.69) is 5.32 Å². The van der Waals surface area contributed by atoms with Gasteiger partial charge in [0.15, 0.2) is 17.4 Å². The van der Waals surface area contributed by atoms with Crippen molar-refractivity contribution in [3.63, 3.8) is 0 Å². The zero-order valence-electron chi connectivity index (χ0n) is 24.5. The molecule has 1 heterocycles. The summed E-state index contributed by atoms with van der Waals surface area (Å²) in [5, 5.41) is 40.1. The van der Waals surface area contributed by atoms with Crippen LogP contribution in [0.1, 0.15) is 20.7 Å². The van der Waals surface area contributed by atoms with E-state index in [1.165, 1.54) is 17.0 Å². The summed E-state index contributed by atoms with van der Waals surface area (Å²) in [5.74, 6) is -7.59. The molecule has 2 aromatic carbocycles. The number of aliphatic carboxylic acids is 2. The minimum absolute atomic E-state index is 0.00416. The molecule has 0 spiro atoms. The predicted octanol–water partition coefficient (Wildman–Crippen LogP) is 2.48. The van der Waals surface area contributed by atoms with Gasteiger partial charge in [0.1, 0.15) is 11.3 Å². The van der Waals surface area contributed by atoms with E-state index in [4.69, 9.17) is 24.1 Å². The van der Waals surface area contributed by atoms with Crippen LogP contribution in [0.15, 0.2) is 51.7 Å². The number of benzene rings is 3. The first-order chi connectivity index (χ1) is 22.3. The standard InChI is InChI=1S/C31H28F2N2O12/c32-21-10-19-25(12-23(21)36)47-26-13-24(37)22(33)11-20(26)29(19)17-2-1-16(9-18(17)31(43)44)30(42)34-3-5-45-7-8-46-6-4-35(14-27(38)39)15-28(40)41/h1-2,9-13,36H,3-8,14-15H2,(H,34,42)(H,38,39)(H,40,41)(H,43,44). The number of nitrogens with zero attached hydrogens (tertiary/aromatic N) is 1. The third kappa shape index (κ3) is 8.63. The molecule has 0 saturated carbocycles. The number of rotatable bonds is 16. The van der Waals surface area contributed by atoms with Crippen molar-refractivity contribution in [3.8, 4) is 28.2 Å². The Hall–Kier alpha value is -5.45. The molecule has 0 unspecified atom stereocenters. The van der Waals surface area contributed by atoms with Crippen molar-refractivity contribution in [2.45, 2.75) is 0 Å². The lowest BCUT2D eigenvalue weighted by atomic mass is 9.89. The van der Waals surface area contributed by atoms with Crippen LogP contribution in [0.5, 0.6) is 5.75 Å². The Morgan fingerprint density at radius 1 is 0.830 bits per heavy atom. The lowest BCUT2D eigenvalue weighted by Gasteiger charge is -2.18. The zero-order chi connectivity index (χ0) is 34.2. The molecule has 248 valence electrons. The number of nitrogens with one attached hydrogen (secondary N) is 1. The SMILES string of the molecule is O=C(O)CN(CCOCCOCCNC(=O)c1ccc(-c2c3cc(F)c(=O)cc-3oc3cc(O)c(F)cc23)c(C(=O)O)c1)CC(=O)O. The lowest BCUT2D eigenvalue weighted by Crippen LogP contribution is -2.37. The second-order valence-electron chi connectivity index (χ2n) is 10.1. The number of hydrogen-bond acceptors (Lipinski definition) is 10. The molecule has 2 aliphatic rings. The van der Waals surface area contributed by atoms with Crippen LogP contribution < -0.4 is 10.7 Å². The van der Waals surface area contributed by atoms with Crippen LogP contribution in [0, 0.1) is 11.6 Å². The smallest absolute Gasteiger partial charge is 0.336 e. The van der Waals surface area contributed by atoms with Gasteiger partial charge in [-0.1, -0.05) is 6.07 Å². The number of fused-ring (bicyclic) bond motifs is 2. The number of hydrogen-bond donors (Lipinski definition) is 5. The van der Waals surface area contributed by atoms with Gasteiger partial charge in [-0.15, -0.1) is 0 Å². The highest BCUT2D eigenvalue weighted by atomic mass is 19.1. The maximum absolute atomic E-state index is 14.4. The van der Waals surface area contributed by atoms with Gasteiger partial charge in [0.25, 0.3) is 5.91 Å². The Morgan fingerprint density at radius 3 is 2.17 bits per heavy atom. The second kappa shape index (κ2) is 15.2. The van der Waals surface area contributed by atoms with Gasteiger partial charge in [0.2, 0.25) is 5.43 Å². The first kappa shape index (κ1) is 34.4. The zero-order valence-corrected chi connectivity index (χ0v) is 24.5. The molecular weight excluding hydrogens is 630 g/mol. The van der Waals surface area contributed by atoms with Gasteiger partial charge < -0.3 is 39.6 Å². The molecule has 0 aromatic heterocycles. The fourth-order valence-corrected chi connectivity index (χ4v) is 4.72. The Bertz CT molecular complexity index is 1840. The van der Waals surface area contributed by atoms with Gasteiger partial charge in [0, 0.05) is 47.3 Å². The summed E-state index contributed by atoms with van der Waals surface area (Å²) in [6.07, 6.45) is 0. The number of aromatic hydroxyl groups is 1. The summed E-state index contributed by atoms with van der Waals surface area (Å²) in [6.45, 7) is -0.437. The van der Waals surface area contributed by atoms with E-state index in [1.807, 2.05) is 0 Å². The molecule has 0 bridgehead atoms. The number of aromatic carboxylic acids is 1. The van der Waals surface area contributed by atoms with Gasteiger partial charge in [-0.25, -0.2) is 13.6 Å². The fourth-order valence-electron chi connectivity index (χ4n) is 4.72. The molecule has 1 amide bonds. The van der Waals surface area contributed by atoms with Gasteiger partial charge in [-0.05, 0) is 29.8 Å². The molecule has 5 N–H and O–H groups in total. The van der Waals surface area contributed by atoms with Gasteiger partial charge in [-0.2, -0.15) is 0 Å². The van der Waals surface area contributed by atoms with Crippen LogP contribution in [0.3, 0.4) is 0 Å². The number of ether oxygens (including phenoxy) is 2. The fraction of sp³-hybridized carbons (Fsp3) is 0.258. The van der Waals surface area contributed by atoms with Crippen LogP contribution in [0.4, 0.5) is 8.78 Å². The summed E-state index contributed by atoms with van der Waals surface area (Å²) in [4.78, 5) is 59.9. The quantitative estimate of drug-likeness (QED) is 0.0866. The Kier molecular flexibility index (Phi) is 11.1. The highest BCUT2D eigenvalue weighted by Gasteiger charge is 2.25. The van der Waals surface area contributed by atoms with E-state index in [-0.39, 0.29) is 78.5 Å². The molecular formula is C31H28F2N2O12. The summed E-state index contributed by atoms with van der Waals surface area (Å²) in [6, 6.07) is 7.18. The van der Waals surface area contributed by atoms with Crippen LogP contribution >= 0.6 is 0 Å². The van der Waals surface area contributed by atoms with Crippen molar-refractivity contribution in [3.05, 3.63) is 75.4 Å². The molecule has 0 atom stereocenters. The van der Waals surface area contributed by atoms with Crippen LogP contribution in [0.2, 0.25) is 0 Å². The molecule has 0 saturated heterocycles. The third-order valence-corrected chi connectivity index (χ3v) is 6.80. The molecule has 16 heteroatoms. The normalized spacial score (nSPS) is 11.3. The number of carbonyl (C=O) groups is 4. The van der Waals surface area contributed by atoms with Crippen molar-refractivity contribution in [2.75, 3.05) is 52.6 Å². The van der Waals surface area contributed by atoms with Gasteiger partial charge >= 0.3 is 17.9 Å². The summed E-state index contributed by atoms with van der Waals surface area (Å²) in [5.41, 5.74) is -1.65. The monoisotopic (exact) mass is 658 g/mol. The number of amides is 1. The van der Waals surface area contributed by atoms with E-state index in [1.54, 1.807) is 0 Å². The first-order valence-electron chi connectivity index (χ1n) is 13.9. The number of phenolic OH excluding ortho intramolecular Hbond substituents is 1. The average molecular weight is 659 g/mol. The molecule has 14 nitrogen and oxygen atoms in total. The largest absolute Gasteiger partial charge is 0.505 e. The van der Waals surface area contributed by atoms with Crippen LogP contribution in [0.25, 0.3) is 33.4 Å². The summed E-state index contributed by atoms with van der Waals surface area (Å²) < 4.78 is 45.1. The van der Waals surface area contributed by atoms with Crippen LogP contribution in [-0.2, 0) is 19.1 Å². The van der Waals surface area contributed by atoms with Crippen molar-refractivity contribution in [1.29, 1.82) is 0 Å². The topological polar surface area (TPSA) is 213 Å². The third-order valence-electron chi connectivity index (χ3n) is 6.80. The van der Waals surface area contributed by atoms with Crippen molar-refractivity contribution < 1.29 is 62.3 Å². The number of carboxylic acid groups (broad SMARTS) is 3. The number of phenols is 1. The predicted molar refractivity (Wildman–Crippen MR) is 159 cm³/mol. The van der Waals surface area contributed by atoms with E-state index in [0.29, 0.717) is 0 Å². The van der Waals surface area contributed by atoms with Crippen molar-refractivity contribution in [2.24, 2.45) is 0 Å². The Morgan fingerprint density at radius 2 is 1.51 bits per heavy atom. The van der Waals surface area contributed by atoms with Crippen LogP contribution in [-0.4, -0.2) is 102 Å². The molecule has 4 rings (SSSR count). The Balaban J connectivity index is 1.42. The number of halogens is 2. The minimum atomic E-state index is -1.46. The minimum Gasteiger partial charge on any atom is -0.505 e. The lowest BCUT2D eigenvalue weighted by molar-refractivity contribution is -0.142. The summed E-state index contributed by atoms with van der Waals surface area (Å²) in [7, 11) is 0. The van der Waals surface area contributed by atoms with Crippen molar-refractivity contribution in [1.82, 2.24) is 10.2 Å². The maximum Gasteiger partial charge on any atom is 0.336 e. The van der Waals surface area contributed by atoms with E-state index < -0.39 is 65.3 Å². The molecule has 0 fully saturated rings. The highest BCUT2D eigenvalue weighted by molar-refractivity contribution is 6.09. The van der Waals surface area contributed by atoms with E-state index in [0.717, 1.165) is 30.3 Å². The molecule has 2 aromatic rings. The second-order valence-corrected chi connectivity index (χ2v) is 10.1. The van der Waals surface area contributed by atoms with E-state index in [9.17, 15) is 43.0 Å². The number of carbonyl (C=O) groups excluding carboxylic acids is 1. The molecule has 0 radical (unpaired) electrons. The molecule has 47 heavy (non-hydrogen) atoms. The first-order valence-corrected chi connectivity index (χ1v) is 13.9. The maximum atomic E-state index is 14.4. The number of carboxylic acids is 3. The molecule has 1 aliphatic heterocycles. The summed E-state index contributed by atoms with van der Waals surface area (Å²) >= 11 is 0. The van der Waals surface area contributed by atoms with Crippen molar-refractivity contribution >= 4 is 34.8 Å². The van der Waals surface area contributed by atoms with E-state index >= 15 is 0 Å². The Labute approximate surface area is 263 Å².